The number of anilines is 1. The van der Waals surface area contributed by atoms with Crippen molar-refractivity contribution in [1.29, 1.82) is 0 Å². The lowest BCUT2D eigenvalue weighted by atomic mass is 10.1. The van der Waals surface area contributed by atoms with E-state index >= 15 is 0 Å². The number of unbranched alkanes of at least 4 members (excludes halogenated alkanes) is 2. The maximum Gasteiger partial charge on any atom is 0.0681 e. The zero-order valence-corrected chi connectivity index (χ0v) is 20.1. The fourth-order valence-electron chi connectivity index (χ4n) is 3.70. The van der Waals surface area contributed by atoms with Crippen LogP contribution >= 0.6 is 0 Å². The number of hydrogen-bond acceptors (Lipinski definition) is 2. The number of nitrogens with zero attached hydrogens (tertiary/aromatic N) is 1. The van der Waals surface area contributed by atoms with Gasteiger partial charge >= 0.3 is 0 Å². The van der Waals surface area contributed by atoms with Crippen LogP contribution in [0.1, 0.15) is 67.3 Å². The van der Waals surface area contributed by atoms with Crippen LogP contribution in [0, 0.1) is 0 Å². The quantitative estimate of drug-likeness (QED) is 0.290. The fraction of sp³-hybridized carbons (Fsp3) is 0.290. The Kier molecular flexibility index (Phi) is 10.0. The van der Waals surface area contributed by atoms with Crippen LogP contribution in [0.2, 0.25) is 0 Å². The molecular formula is C31H37NO. The van der Waals surface area contributed by atoms with E-state index in [1.165, 1.54) is 48.1 Å². The first-order valence-corrected chi connectivity index (χ1v) is 12.2. The van der Waals surface area contributed by atoms with E-state index in [9.17, 15) is 0 Å². The van der Waals surface area contributed by atoms with Crippen molar-refractivity contribution in [3.05, 3.63) is 101 Å². The SMILES string of the molecule is CCCCN(CCCC)c1ccc(/C=C/c2ccc(/C=C/c3ccc(CO)cc3)cc2)cc1. The summed E-state index contributed by atoms with van der Waals surface area (Å²) >= 11 is 0. The van der Waals surface area contributed by atoms with Gasteiger partial charge in [0.05, 0.1) is 6.61 Å². The van der Waals surface area contributed by atoms with E-state index in [2.05, 4.69) is 91.6 Å². The van der Waals surface area contributed by atoms with Crippen LogP contribution in [0.3, 0.4) is 0 Å². The third-order valence-electron chi connectivity index (χ3n) is 5.86. The normalized spacial score (nSPS) is 11.5. The van der Waals surface area contributed by atoms with E-state index in [0.717, 1.165) is 24.2 Å². The van der Waals surface area contributed by atoms with Gasteiger partial charge in [0.15, 0.2) is 0 Å². The number of benzene rings is 3. The second kappa shape index (κ2) is 13.4. The van der Waals surface area contributed by atoms with Crippen LogP contribution in [0.25, 0.3) is 24.3 Å². The smallest absolute Gasteiger partial charge is 0.0681 e. The van der Waals surface area contributed by atoms with Gasteiger partial charge in [0, 0.05) is 18.8 Å². The second-order valence-electron chi connectivity index (χ2n) is 8.52. The Morgan fingerprint density at radius 2 is 0.939 bits per heavy atom. The lowest BCUT2D eigenvalue weighted by Crippen LogP contribution is -2.25. The highest BCUT2D eigenvalue weighted by Crippen LogP contribution is 2.19. The Hall–Kier alpha value is -3.10. The molecule has 0 fully saturated rings. The molecule has 0 radical (unpaired) electrons. The summed E-state index contributed by atoms with van der Waals surface area (Å²) < 4.78 is 0. The topological polar surface area (TPSA) is 23.5 Å². The average Bonchev–Trinajstić information content (AvgIpc) is 2.87. The van der Waals surface area contributed by atoms with Gasteiger partial charge in [-0.25, -0.2) is 0 Å². The zero-order chi connectivity index (χ0) is 23.3. The second-order valence-corrected chi connectivity index (χ2v) is 8.52. The first-order chi connectivity index (χ1) is 16.2. The highest BCUT2D eigenvalue weighted by Gasteiger charge is 2.05. The molecule has 3 rings (SSSR count). The molecule has 0 saturated heterocycles. The fourth-order valence-corrected chi connectivity index (χ4v) is 3.70. The Morgan fingerprint density at radius 3 is 1.30 bits per heavy atom. The highest BCUT2D eigenvalue weighted by atomic mass is 16.3. The van der Waals surface area contributed by atoms with Crippen molar-refractivity contribution in [1.82, 2.24) is 0 Å². The predicted octanol–water partition coefficient (Wildman–Crippen LogP) is 7.93. The molecule has 0 spiro atoms. The van der Waals surface area contributed by atoms with Crippen LogP contribution in [0.15, 0.2) is 72.8 Å². The summed E-state index contributed by atoms with van der Waals surface area (Å²) in [5.74, 6) is 0. The molecule has 1 N–H and O–H groups in total. The summed E-state index contributed by atoms with van der Waals surface area (Å²) in [6, 6.07) is 25.5. The largest absolute Gasteiger partial charge is 0.392 e. The van der Waals surface area contributed by atoms with E-state index < -0.39 is 0 Å². The first kappa shape index (κ1) is 24.5. The molecule has 0 aliphatic heterocycles. The summed E-state index contributed by atoms with van der Waals surface area (Å²) in [6.07, 6.45) is 13.5. The Labute approximate surface area is 199 Å². The molecule has 0 aliphatic rings. The van der Waals surface area contributed by atoms with Gasteiger partial charge in [-0.1, -0.05) is 112 Å². The van der Waals surface area contributed by atoms with Gasteiger partial charge in [-0.15, -0.1) is 0 Å². The minimum atomic E-state index is 0.0828. The molecule has 3 aromatic rings. The predicted molar refractivity (Wildman–Crippen MR) is 145 cm³/mol. The van der Waals surface area contributed by atoms with Crippen LogP contribution in [-0.4, -0.2) is 18.2 Å². The molecule has 0 aromatic heterocycles. The van der Waals surface area contributed by atoms with Crippen molar-refractivity contribution in [3.63, 3.8) is 0 Å². The Balaban J connectivity index is 1.59. The van der Waals surface area contributed by atoms with E-state index in [1.807, 2.05) is 24.3 Å². The molecule has 0 bridgehead atoms. The van der Waals surface area contributed by atoms with Gasteiger partial charge in [0.25, 0.3) is 0 Å². The van der Waals surface area contributed by atoms with Gasteiger partial charge in [0.2, 0.25) is 0 Å². The maximum atomic E-state index is 9.14. The lowest BCUT2D eigenvalue weighted by Gasteiger charge is -2.24. The third kappa shape index (κ3) is 8.07. The maximum absolute atomic E-state index is 9.14. The molecule has 0 amide bonds. The summed E-state index contributed by atoms with van der Waals surface area (Å²) in [5.41, 5.74) is 6.97. The summed E-state index contributed by atoms with van der Waals surface area (Å²) in [7, 11) is 0. The molecule has 0 saturated carbocycles. The van der Waals surface area contributed by atoms with Crippen molar-refractivity contribution in [2.75, 3.05) is 18.0 Å². The van der Waals surface area contributed by atoms with Crippen LogP contribution in [-0.2, 0) is 6.61 Å². The first-order valence-electron chi connectivity index (χ1n) is 12.2. The Bertz CT molecular complexity index is 990. The van der Waals surface area contributed by atoms with Gasteiger partial charge in [-0.3, -0.25) is 0 Å². The van der Waals surface area contributed by atoms with Crippen molar-refractivity contribution in [2.24, 2.45) is 0 Å². The molecule has 3 aromatic carbocycles. The summed E-state index contributed by atoms with van der Waals surface area (Å²) in [6.45, 7) is 6.87. The third-order valence-corrected chi connectivity index (χ3v) is 5.86. The van der Waals surface area contributed by atoms with E-state index in [0.29, 0.717) is 0 Å². The molecule has 0 atom stereocenters. The lowest BCUT2D eigenvalue weighted by molar-refractivity contribution is 0.282. The highest BCUT2D eigenvalue weighted by molar-refractivity contribution is 5.73. The van der Waals surface area contributed by atoms with E-state index in [-0.39, 0.29) is 6.61 Å². The molecule has 0 unspecified atom stereocenters. The number of aliphatic hydroxyl groups excluding tert-OH is 1. The number of aliphatic hydroxyl groups is 1. The number of hydrogen-bond donors (Lipinski definition) is 1. The van der Waals surface area contributed by atoms with Crippen molar-refractivity contribution >= 4 is 30.0 Å². The van der Waals surface area contributed by atoms with Gasteiger partial charge < -0.3 is 10.0 Å². The molecule has 0 aliphatic carbocycles. The van der Waals surface area contributed by atoms with Gasteiger partial charge in [-0.05, 0) is 52.8 Å². The van der Waals surface area contributed by atoms with Gasteiger partial charge in [0.1, 0.15) is 0 Å². The van der Waals surface area contributed by atoms with Crippen LogP contribution in [0.4, 0.5) is 5.69 Å². The van der Waals surface area contributed by atoms with Gasteiger partial charge in [-0.2, -0.15) is 0 Å². The number of rotatable bonds is 12. The molecular weight excluding hydrogens is 402 g/mol. The summed E-state index contributed by atoms with van der Waals surface area (Å²) in [5, 5.41) is 9.14. The molecule has 0 heterocycles. The van der Waals surface area contributed by atoms with Crippen LogP contribution in [0.5, 0.6) is 0 Å². The van der Waals surface area contributed by atoms with Crippen molar-refractivity contribution in [2.45, 2.75) is 46.1 Å². The minimum Gasteiger partial charge on any atom is -0.392 e. The molecule has 172 valence electrons. The van der Waals surface area contributed by atoms with E-state index in [1.54, 1.807) is 0 Å². The Morgan fingerprint density at radius 1 is 0.576 bits per heavy atom. The van der Waals surface area contributed by atoms with Crippen LogP contribution < -0.4 is 4.90 Å². The standard InChI is InChI=1S/C31H37NO/c1-3-5-23-32(24-6-4-2)31-21-19-29(20-22-31)14-13-27-9-7-26(8-10-27)11-12-28-15-17-30(25-33)18-16-28/h7-22,33H,3-6,23-25H2,1-2H3/b12-11+,14-13+. The molecule has 2 nitrogen and oxygen atoms in total. The van der Waals surface area contributed by atoms with Crippen molar-refractivity contribution < 1.29 is 5.11 Å². The monoisotopic (exact) mass is 439 g/mol. The molecule has 33 heavy (non-hydrogen) atoms. The molecule has 2 heteroatoms. The summed E-state index contributed by atoms with van der Waals surface area (Å²) in [4.78, 5) is 2.52. The minimum absolute atomic E-state index is 0.0828. The van der Waals surface area contributed by atoms with E-state index in [4.69, 9.17) is 5.11 Å². The van der Waals surface area contributed by atoms with Crippen molar-refractivity contribution in [3.8, 4) is 0 Å². The zero-order valence-electron chi connectivity index (χ0n) is 20.1. The average molecular weight is 440 g/mol.